The van der Waals surface area contributed by atoms with Crippen LogP contribution >= 0.6 is 0 Å². The molecule has 1 saturated heterocycles. The summed E-state index contributed by atoms with van der Waals surface area (Å²) in [7, 11) is 1.98. The summed E-state index contributed by atoms with van der Waals surface area (Å²) in [6.45, 7) is 2.99. The van der Waals surface area contributed by atoms with Gasteiger partial charge in [0.15, 0.2) is 0 Å². The van der Waals surface area contributed by atoms with Gasteiger partial charge in [-0.15, -0.1) is 0 Å². The number of likely N-dealkylation sites (N-methyl/N-ethyl adjacent to an activating group) is 1. The Morgan fingerprint density at radius 1 is 1.48 bits per heavy atom. The molecule has 112 valence electrons. The topological polar surface area (TPSA) is 62.3 Å². The van der Waals surface area contributed by atoms with Crippen LogP contribution in [0.3, 0.4) is 0 Å². The molecule has 2 aliphatic rings. The summed E-state index contributed by atoms with van der Waals surface area (Å²) in [6.07, 6.45) is 4.43. The predicted molar refractivity (Wildman–Crippen MR) is 80.2 cm³/mol. The smallest absolute Gasteiger partial charge is 0.242 e. The van der Waals surface area contributed by atoms with Crippen molar-refractivity contribution in [1.82, 2.24) is 9.88 Å². The van der Waals surface area contributed by atoms with Gasteiger partial charge in [0.25, 0.3) is 0 Å². The molecule has 1 aromatic rings. The average molecular weight is 287 g/mol. The van der Waals surface area contributed by atoms with Crippen LogP contribution in [0.25, 0.3) is 0 Å². The minimum Gasteiger partial charge on any atom is -0.309 e. The third-order valence-electron chi connectivity index (χ3n) is 4.62. The van der Waals surface area contributed by atoms with Crippen LogP contribution in [0.15, 0.2) is 6.07 Å². The molecule has 0 aromatic carbocycles. The molecule has 0 spiro atoms. The molecule has 5 nitrogen and oxygen atoms in total. The minimum absolute atomic E-state index is 0.0202. The highest BCUT2D eigenvalue weighted by Gasteiger charge is 2.29. The van der Waals surface area contributed by atoms with Crippen molar-refractivity contribution < 1.29 is 9.59 Å². The number of anilines is 1. The number of rotatable bonds is 3. The number of hydrogen-bond donors (Lipinski definition) is 1. The molecule has 1 fully saturated rings. The molecule has 1 aliphatic carbocycles. The van der Waals surface area contributed by atoms with E-state index in [1.807, 2.05) is 20.0 Å². The maximum atomic E-state index is 12.3. The summed E-state index contributed by atoms with van der Waals surface area (Å²) >= 11 is 0. The van der Waals surface area contributed by atoms with Crippen LogP contribution in [0.4, 0.5) is 5.82 Å². The van der Waals surface area contributed by atoms with Crippen molar-refractivity contribution in [3.63, 3.8) is 0 Å². The molecule has 2 heterocycles. The zero-order chi connectivity index (χ0) is 15.0. The number of pyridine rings is 1. The van der Waals surface area contributed by atoms with Crippen LogP contribution < -0.4 is 5.32 Å². The first-order valence-corrected chi connectivity index (χ1v) is 7.54. The molecule has 0 saturated carbocycles. The van der Waals surface area contributed by atoms with Crippen LogP contribution in [0.5, 0.6) is 0 Å². The number of aldehydes is 1. The molecule has 5 heteroatoms. The number of carbonyl (C=O) groups excluding carboxylic acids is 2. The summed E-state index contributed by atoms with van der Waals surface area (Å²) in [4.78, 5) is 29.9. The van der Waals surface area contributed by atoms with Crippen LogP contribution in [0, 0.1) is 12.8 Å². The molecular weight excluding hydrogens is 266 g/mol. The highest BCUT2D eigenvalue weighted by atomic mass is 16.2. The van der Waals surface area contributed by atoms with E-state index in [1.165, 1.54) is 5.56 Å². The lowest BCUT2D eigenvalue weighted by molar-refractivity contribution is -0.120. The van der Waals surface area contributed by atoms with Gasteiger partial charge in [-0.05, 0) is 63.4 Å². The lowest BCUT2D eigenvalue weighted by atomic mass is 10.1. The number of fused-ring (bicyclic) bond motifs is 1. The first kappa shape index (κ1) is 14.2. The third kappa shape index (κ3) is 2.70. The van der Waals surface area contributed by atoms with Crippen LogP contribution in [-0.4, -0.2) is 41.7 Å². The second-order valence-electron chi connectivity index (χ2n) is 6.18. The molecule has 1 aliphatic heterocycles. The molecule has 3 rings (SSSR count). The van der Waals surface area contributed by atoms with Gasteiger partial charge < -0.3 is 10.1 Å². The van der Waals surface area contributed by atoms with Gasteiger partial charge in [0, 0.05) is 11.6 Å². The maximum absolute atomic E-state index is 12.3. The molecule has 0 radical (unpaired) electrons. The number of aryl methyl sites for hydroxylation is 1. The van der Waals surface area contributed by atoms with Gasteiger partial charge >= 0.3 is 0 Å². The fourth-order valence-corrected chi connectivity index (χ4v) is 3.41. The Kier molecular flexibility index (Phi) is 3.76. The van der Waals surface area contributed by atoms with Gasteiger partial charge in [-0.2, -0.15) is 0 Å². The van der Waals surface area contributed by atoms with Crippen molar-refractivity contribution in [3.05, 3.63) is 22.9 Å². The summed E-state index contributed by atoms with van der Waals surface area (Å²) in [5.41, 5.74) is 3.24. The first-order chi connectivity index (χ1) is 10.1. The Balaban J connectivity index is 1.77. The molecule has 1 N–H and O–H groups in total. The van der Waals surface area contributed by atoms with Crippen LogP contribution in [0.1, 0.15) is 29.7 Å². The normalized spacial score (nSPS) is 24.9. The second kappa shape index (κ2) is 5.56. The Bertz CT molecular complexity index is 585. The van der Waals surface area contributed by atoms with Gasteiger partial charge in [-0.25, -0.2) is 4.98 Å². The van der Waals surface area contributed by atoms with E-state index < -0.39 is 0 Å². The lowest BCUT2D eigenvalue weighted by Gasteiger charge is -2.18. The van der Waals surface area contributed by atoms with Gasteiger partial charge in [0.2, 0.25) is 5.91 Å². The largest absolute Gasteiger partial charge is 0.309 e. The van der Waals surface area contributed by atoms with E-state index in [9.17, 15) is 9.59 Å². The number of aromatic nitrogens is 1. The van der Waals surface area contributed by atoms with Crippen LogP contribution in [0.2, 0.25) is 0 Å². The van der Waals surface area contributed by atoms with Gasteiger partial charge in [-0.1, -0.05) is 0 Å². The second-order valence-corrected chi connectivity index (χ2v) is 6.18. The highest BCUT2D eigenvalue weighted by molar-refractivity contribution is 5.94. The van der Waals surface area contributed by atoms with Crippen molar-refractivity contribution in [3.8, 4) is 0 Å². The number of amides is 1. The molecular formula is C16H21N3O2. The van der Waals surface area contributed by atoms with Crippen molar-refractivity contribution in [2.75, 3.05) is 18.9 Å². The van der Waals surface area contributed by atoms with Gasteiger partial charge in [0.05, 0.1) is 6.04 Å². The van der Waals surface area contributed by atoms with Crippen LogP contribution in [-0.2, 0) is 22.4 Å². The van der Waals surface area contributed by atoms with Crippen molar-refractivity contribution in [1.29, 1.82) is 0 Å². The molecule has 1 aromatic heterocycles. The number of likely N-dealkylation sites (tertiary alicyclic amines) is 1. The quantitative estimate of drug-likeness (QED) is 0.852. The number of nitrogens with zero attached hydrogens (tertiary/aromatic N) is 2. The zero-order valence-electron chi connectivity index (χ0n) is 12.6. The summed E-state index contributed by atoms with van der Waals surface area (Å²) < 4.78 is 0. The molecule has 0 bridgehead atoms. The van der Waals surface area contributed by atoms with Gasteiger partial charge in [-0.3, -0.25) is 9.69 Å². The SMILES string of the molecule is Cc1cc(NC(=O)[C@@H]2CCCN2C)nc2c1CC(C=O)C2. The Morgan fingerprint density at radius 2 is 2.29 bits per heavy atom. The van der Waals surface area contributed by atoms with Gasteiger partial charge in [0.1, 0.15) is 12.1 Å². The van der Waals surface area contributed by atoms with E-state index in [0.717, 1.165) is 43.4 Å². The molecule has 2 atom stereocenters. The average Bonchev–Trinajstić information content (AvgIpc) is 3.04. The summed E-state index contributed by atoms with van der Waals surface area (Å²) in [5, 5.41) is 2.94. The highest BCUT2D eigenvalue weighted by Crippen LogP contribution is 2.29. The standard InChI is InChI=1S/C16H21N3O2/c1-10-6-15(17-13-8-11(9-20)7-12(10)13)18-16(21)14-4-3-5-19(14)2/h6,9,11,14H,3-5,7-8H2,1-2H3,(H,17,18,21)/t11?,14-/m0/s1. The van der Waals surface area contributed by atoms with E-state index in [-0.39, 0.29) is 17.9 Å². The van der Waals surface area contributed by atoms with E-state index in [1.54, 1.807) is 0 Å². The Morgan fingerprint density at radius 3 is 2.95 bits per heavy atom. The zero-order valence-corrected chi connectivity index (χ0v) is 12.6. The molecule has 21 heavy (non-hydrogen) atoms. The molecule has 1 amide bonds. The summed E-state index contributed by atoms with van der Waals surface area (Å²) in [5.74, 6) is 0.674. The summed E-state index contributed by atoms with van der Waals surface area (Å²) in [6, 6.07) is 1.86. The third-order valence-corrected chi connectivity index (χ3v) is 4.62. The number of hydrogen-bond acceptors (Lipinski definition) is 4. The predicted octanol–water partition coefficient (Wildman–Crippen LogP) is 1.34. The van der Waals surface area contributed by atoms with Crippen molar-refractivity contribution in [2.45, 2.75) is 38.6 Å². The van der Waals surface area contributed by atoms with E-state index in [4.69, 9.17) is 0 Å². The van der Waals surface area contributed by atoms with E-state index in [2.05, 4.69) is 15.2 Å². The first-order valence-electron chi connectivity index (χ1n) is 7.54. The van der Waals surface area contributed by atoms with E-state index >= 15 is 0 Å². The Hall–Kier alpha value is -1.75. The number of carbonyl (C=O) groups is 2. The van der Waals surface area contributed by atoms with E-state index in [0.29, 0.717) is 12.2 Å². The van der Waals surface area contributed by atoms with Crippen molar-refractivity contribution in [2.24, 2.45) is 5.92 Å². The molecule has 1 unspecified atom stereocenters. The monoisotopic (exact) mass is 287 g/mol. The van der Waals surface area contributed by atoms with Crippen molar-refractivity contribution >= 4 is 18.0 Å². The number of nitrogens with one attached hydrogen (secondary N) is 1. The fourth-order valence-electron chi connectivity index (χ4n) is 3.41. The minimum atomic E-state index is -0.0527. The fraction of sp³-hybridized carbons (Fsp3) is 0.562. The Labute approximate surface area is 124 Å². The maximum Gasteiger partial charge on any atom is 0.242 e. The lowest BCUT2D eigenvalue weighted by Crippen LogP contribution is -2.37.